The molecule has 0 saturated heterocycles. The minimum atomic E-state index is -0.268. The van der Waals surface area contributed by atoms with Gasteiger partial charge in [0.15, 0.2) is 0 Å². The van der Waals surface area contributed by atoms with Gasteiger partial charge < -0.3 is 15.4 Å². The maximum absolute atomic E-state index is 12.3. The van der Waals surface area contributed by atoms with Crippen molar-refractivity contribution in [1.82, 2.24) is 0 Å². The quantitative estimate of drug-likeness (QED) is 0.760. The standard InChI is InChI=1S/C21H19ClN2O3/c1-13-18(23-14(2)25)4-3-5-19(13)24-21(26)9-6-15-10-16-11-17(22)7-8-20(16)27-12-15/h3-11H,12H2,1-2H3,(H,23,25)(H,24,26)/b9-6+. The monoisotopic (exact) mass is 382 g/mol. The van der Waals surface area contributed by atoms with Crippen molar-refractivity contribution in [2.45, 2.75) is 13.8 Å². The smallest absolute Gasteiger partial charge is 0.248 e. The molecule has 0 spiro atoms. The number of anilines is 2. The Balaban J connectivity index is 1.70. The van der Waals surface area contributed by atoms with E-state index >= 15 is 0 Å². The van der Waals surface area contributed by atoms with Crippen LogP contribution in [0.2, 0.25) is 5.02 Å². The second-order valence-corrected chi connectivity index (χ2v) is 6.61. The summed E-state index contributed by atoms with van der Waals surface area (Å²) in [5.74, 6) is 0.341. The number of hydrogen-bond acceptors (Lipinski definition) is 3. The van der Waals surface area contributed by atoms with Crippen LogP contribution >= 0.6 is 11.6 Å². The second kappa shape index (κ2) is 8.10. The number of carbonyl (C=O) groups is 2. The van der Waals surface area contributed by atoms with Gasteiger partial charge in [0, 0.05) is 35.0 Å². The highest BCUT2D eigenvalue weighted by Crippen LogP contribution is 2.29. The van der Waals surface area contributed by atoms with E-state index in [0.29, 0.717) is 23.0 Å². The van der Waals surface area contributed by atoms with Gasteiger partial charge in [-0.25, -0.2) is 0 Å². The van der Waals surface area contributed by atoms with Gasteiger partial charge in [0.2, 0.25) is 11.8 Å². The summed E-state index contributed by atoms with van der Waals surface area (Å²) in [7, 11) is 0. The highest BCUT2D eigenvalue weighted by Gasteiger charge is 2.11. The summed E-state index contributed by atoms with van der Waals surface area (Å²) in [5, 5.41) is 6.20. The number of hydrogen-bond donors (Lipinski definition) is 2. The van der Waals surface area contributed by atoms with Crippen molar-refractivity contribution in [1.29, 1.82) is 0 Å². The molecule has 1 aliphatic rings. The van der Waals surface area contributed by atoms with Crippen LogP contribution in [0.25, 0.3) is 6.08 Å². The van der Waals surface area contributed by atoms with Crippen LogP contribution in [0, 0.1) is 6.92 Å². The van der Waals surface area contributed by atoms with E-state index in [1.165, 1.54) is 13.0 Å². The molecule has 3 rings (SSSR count). The first-order chi connectivity index (χ1) is 12.9. The maximum atomic E-state index is 12.3. The fourth-order valence-corrected chi connectivity index (χ4v) is 2.90. The van der Waals surface area contributed by atoms with Crippen LogP contribution in [0.15, 0.2) is 54.1 Å². The van der Waals surface area contributed by atoms with Gasteiger partial charge in [-0.15, -0.1) is 0 Å². The van der Waals surface area contributed by atoms with Gasteiger partial charge in [0.25, 0.3) is 0 Å². The van der Waals surface area contributed by atoms with Gasteiger partial charge >= 0.3 is 0 Å². The molecule has 1 aliphatic heterocycles. The molecule has 0 aliphatic carbocycles. The van der Waals surface area contributed by atoms with Crippen LogP contribution in [0.1, 0.15) is 18.1 Å². The third kappa shape index (κ3) is 4.77. The largest absolute Gasteiger partial charge is 0.488 e. The molecule has 0 radical (unpaired) electrons. The van der Waals surface area contributed by atoms with Gasteiger partial charge in [0.1, 0.15) is 12.4 Å². The number of benzene rings is 2. The van der Waals surface area contributed by atoms with Gasteiger partial charge in [-0.2, -0.15) is 0 Å². The van der Waals surface area contributed by atoms with E-state index in [0.717, 1.165) is 22.4 Å². The highest BCUT2D eigenvalue weighted by atomic mass is 35.5. The van der Waals surface area contributed by atoms with Gasteiger partial charge in [-0.05, 0) is 54.5 Å². The molecule has 2 amide bonds. The predicted octanol–water partition coefficient (Wildman–Crippen LogP) is 4.58. The van der Waals surface area contributed by atoms with E-state index in [2.05, 4.69) is 10.6 Å². The number of rotatable bonds is 4. The molecule has 0 aromatic heterocycles. The normalized spacial score (nSPS) is 12.8. The summed E-state index contributed by atoms with van der Waals surface area (Å²) < 4.78 is 5.66. The first kappa shape index (κ1) is 18.7. The molecule has 0 fully saturated rings. The maximum Gasteiger partial charge on any atom is 0.248 e. The first-order valence-corrected chi connectivity index (χ1v) is 8.79. The Morgan fingerprint density at radius 1 is 1.15 bits per heavy atom. The van der Waals surface area contributed by atoms with Crippen LogP contribution in [0.3, 0.4) is 0 Å². The molecule has 2 aromatic carbocycles. The highest BCUT2D eigenvalue weighted by molar-refractivity contribution is 6.30. The number of carbonyl (C=O) groups excluding carboxylic acids is 2. The number of amides is 2. The Bertz CT molecular complexity index is 964. The Hall–Kier alpha value is -3.05. The Labute approximate surface area is 162 Å². The average molecular weight is 383 g/mol. The molecule has 138 valence electrons. The zero-order chi connectivity index (χ0) is 19.4. The summed E-state index contributed by atoms with van der Waals surface area (Å²) in [4.78, 5) is 23.5. The average Bonchev–Trinajstić information content (AvgIpc) is 2.62. The summed E-state index contributed by atoms with van der Waals surface area (Å²) >= 11 is 6.01. The lowest BCUT2D eigenvalue weighted by atomic mass is 10.1. The summed E-state index contributed by atoms with van der Waals surface area (Å²) in [6.07, 6.45) is 5.11. The molecule has 0 bridgehead atoms. The minimum absolute atomic E-state index is 0.161. The zero-order valence-electron chi connectivity index (χ0n) is 15.0. The van der Waals surface area contributed by atoms with E-state index in [4.69, 9.17) is 16.3 Å². The number of halogens is 1. The van der Waals surface area contributed by atoms with Crippen LogP contribution in [0.4, 0.5) is 11.4 Å². The molecule has 2 aromatic rings. The fraction of sp³-hybridized carbons (Fsp3) is 0.143. The third-order valence-electron chi connectivity index (χ3n) is 4.06. The molecule has 0 atom stereocenters. The Kier molecular flexibility index (Phi) is 5.62. The Morgan fingerprint density at radius 2 is 1.89 bits per heavy atom. The van der Waals surface area contributed by atoms with Crippen molar-refractivity contribution in [3.8, 4) is 5.75 Å². The SMILES string of the molecule is CC(=O)Nc1cccc(NC(=O)/C=C/C2=Cc3cc(Cl)ccc3OC2)c1C. The van der Waals surface area contributed by atoms with E-state index in [-0.39, 0.29) is 11.8 Å². The number of nitrogens with one attached hydrogen (secondary N) is 2. The lowest BCUT2D eigenvalue weighted by molar-refractivity contribution is -0.114. The van der Waals surface area contributed by atoms with E-state index in [9.17, 15) is 9.59 Å². The topological polar surface area (TPSA) is 67.4 Å². The first-order valence-electron chi connectivity index (χ1n) is 8.41. The third-order valence-corrected chi connectivity index (χ3v) is 4.29. The molecular formula is C21H19ClN2O3. The summed E-state index contributed by atoms with van der Waals surface area (Å²) in [5.41, 5.74) is 3.84. The molecule has 5 nitrogen and oxygen atoms in total. The van der Waals surface area contributed by atoms with Crippen molar-refractivity contribution >= 4 is 40.9 Å². The molecular weight excluding hydrogens is 364 g/mol. The lowest BCUT2D eigenvalue weighted by Crippen LogP contribution is -2.12. The van der Waals surface area contributed by atoms with Crippen LogP contribution < -0.4 is 15.4 Å². The fourth-order valence-electron chi connectivity index (χ4n) is 2.72. The van der Waals surface area contributed by atoms with Crippen molar-refractivity contribution in [3.63, 3.8) is 0 Å². The molecule has 0 saturated carbocycles. The molecule has 2 N–H and O–H groups in total. The molecule has 1 heterocycles. The van der Waals surface area contributed by atoms with Crippen LogP contribution in [-0.2, 0) is 9.59 Å². The summed E-state index contributed by atoms with van der Waals surface area (Å²) in [6, 6.07) is 10.8. The van der Waals surface area contributed by atoms with E-state index in [1.54, 1.807) is 30.3 Å². The van der Waals surface area contributed by atoms with Crippen molar-refractivity contribution < 1.29 is 14.3 Å². The Morgan fingerprint density at radius 3 is 2.63 bits per heavy atom. The van der Waals surface area contributed by atoms with Gasteiger partial charge in [-0.3, -0.25) is 9.59 Å². The molecule has 27 heavy (non-hydrogen) atoms. The number of ether oxygens (including phenoxy) is 1. The molecule has 0 unspecified atom stereocenters. The number of fused-ring (bicyclic) bond motifs is 1. The summed E-state index contributed by atoms with van der Waals surface area (Å²) in [6.45, 7) is 3.66. The van der Waals surface area contributed by atoms with Crippen molar-refractivity contribution in [2.24, 2.45) is 0 Å². The van der Waals surface area contributed by atoms with Crippen molar-refractivity contribution in [2.75, 3.05) is 17.2 Å². The predicted molar refractivity (Wildman–Crippen MR) is 108 cm³/mol. The second-order valence-electron chi connectivity index (χ2n) is 6.17. The zero-order valence-corrected chi connectivity index (χ0v) is 15.8. The van der Waals surface area contributed by atoms with E-state index in [1.807, 2.05) is 25.1 Å². The van der Waals surface area contributed by atoms with Crippen molar-refractivity contribution in [3.05, 3.63) is 70.3 Å². The minimum Gasteiger partial charge on any atom is -0.488 e. The molecule has 6 heteroatoms. The van der Waals surface area contributed by atoms with Gasteiger partial charge in [-0.1, -0.05) is 23.7 Å². The van der Waals surface area contributed by atoms with E-state index < -0.39 is 0 Å². The van der Waals surface area contributed by atoms with Gasteiger partial charge in [0.05, 0.1) is 0 Å². The van der Waals surface area contributed by atoms with Crippen LogP contribution in [0.5, 0.6) is 5.75 Å². The lowest BCUT2D eigenvalue weighted by Gasteiger charge is -2.16. The van der Waals surface area contributed by atoms with Crippen LogP contribution in [-0.4, -0.2) is 18.4 Å².